The van der Waals surface area contributed by atoms with E-state index in [1.54, 1.807) is 18.9 Å². The largest absolute Gasteiger partial charge is 0.497 e. The summed E-state index contributed by atoms with van der Waals surface area (Å²) in [5.74, 6) is 1.48. The first kappa shape index (κ1) is 21.4. The zero-order chi connectivity index (χ0) is 21.6. The highest BCUT2D eigenvalue weighted by molar-refractivity contribution is 5.80. The molecule has 0 radical (unpaired) electrons. The van der Waals surface area contributed by atoms with Crippen LogP contribution in [0.4, 0.5) is 0 Å². The number of aromatic nitrogens is 5. The summed E-state index contributed by atoms with van der Waals surface area (Å²) in [4.78, 5) is 17.9. The highest BCUT2D eigenvalue weighted by atomic mass is 16.5. The van der Waals surface area contributed by atoms with Gasteiger partial charge in [0.25, 0.3) is 5.56 Å². The van der Waals surface area contributed by atoms with E-state index >= 15 is 0 Å². The number of fused-ring (bicyclic) bond motifs is 1. The molecule has 1 fully saturated rings. The van der Waals surface area contributed by atoms with Crippen molar-refractivity contribution >= 4 is 10.9 Å². The SMILES string of the molecule is COCCn1nnnc1CN(Cc1cc2cc(OC)ccc2[nH]c1=O)CC1CCCO1. The Morgan fingerprint density at radius 1 is 1.29 bits per heavy atom. The second kappa shape index (κ2) is 9.99. The first-order valence-corrected chi connectivity index (χ1v) is 10.4. The van der Waals surface area contributed by atoms with Crippen LogP contribution in [-0.4, -0.2) is 70.2 Å². The van der Waals surface area contributed by atoms with Crippen molar-refractivity contribution in [2.24, 2.45) is 0 Å². The summed E-state index contributed by atoms with van der Waals surface area (Å²) in [5.41, 5.74) is 1.35. The van der Waals surface area contributed by atoms with Gasteiger partial charge < -0.3 is 19.2 Å². The van der Waals surface area contributed by atoms with Gasteiger partial charge in [0.1, 0.15) is 5.75 Å². The van der Waals surface area contributed by atoms with Crippen molar-refractivity contribution in [3.05, 3.63) is 46.0 Å². The van der Waals surface area contributed by atoms with E-state index in [1.165, 1.54) is 0 Å². The smallest absolute Gasteiger partial charge is 0.252 e. The molecule has 1 aromatic carbocycles. The number of benzene rings is 1. The van der Waals surface area contributed by atoms with E-state index in [9.17, 15) is 4.79 Å². The van der Waals surface area contributed by atoms with Crippen LogP contribution in [-0.2, 0) is 29.1 Å². The van der Waals surface area contributed by atoms with Gasteiger partial charge >= 0.3 is 0 Å². The molecule has 1 aliphatic rings. The van der Waals surface area contributed by atoms with E-state index in [1.807, 2.05) is 24.3 Å². The number of pyridine rings is 1. The maximum Gasteiger partial charge on any atom is 0.252 e. The number of H-pyrrole nitrogens is 1. The molecule has 1 atom stereocenters. The number of ether oxygens (including phenoxy) is 3. The summed E-state index contributed by atoms with van der Waals surface area (Å²) in [6, 6.07) is 7.53. The molecule has 31 heavy (non-hydrogen) atoms. The summed E-state index contributed by atoms with van der Waals surface area (Å²) >= 11 is 0. The maximum atomic E-state index is 12.8. The van der Waals surface area contributed by atoms with Gasteiger partial charge in [-0.1, -0.05) is 0 Å². The van der Waals surface area contributed by atoms with E-state index in [-0.39, 0.29) is 11.7 Å². The standard InChI is InChI=1S/C21H28N6O4/c1-29-9-7-27-20(23-24-25-27)14-26(13-18-4-3-8-31-18)12-16-10-15-11-17(30-2)5-6-19(15)22-21(16)28/h5-6,10-11,18H,3-4,7-9,12-14H2,1-2H3,(H,22,28). The Morgan fingerprint density at radius 3 is 2.97 bits per heavy atom. The Hall–Kier alpha value is -2.82. The minimum absolute atomic E-state index is 0.103. The van der Waals surface area contributed by atoms with Gasteiger partial charge in [-0.25, -0.2) is 4.68 Å². The number of tetrazole rings is 1. The number of nitrogens with zero attached hydrogens (tertiary/aromatic N) is 5. The van der Waals surface area contributed by atoms with Crippen molar-refractivity contribution in [2.75, 3.05) is 34.0 Å². The lowest BCUT2D eigenvalue weighted by molar-refractivity contribution is 0.0660. The second-order valence-electron chi connectivity index (χ2n) is 7.69. The predicted octanol–water partition coefficient (Wildman–Crippen LogP) is 1.35. The molecule has 4 rings (SSSR count). The molecule has 0 amide bonds. The zero-order valence-corrected chi connectivity index (χ0v) is 17.9. The highest BCUT2D eigenvalue weighted by Gasteiger charge is 2.22. The molecule has 1 N–H and O–H groups in total. The fourth-order valence-electron chi connectivity index (χ4n) is 3.86. The number of methoxy groups -OCH3 is 2. The molecule has 1 unspecified atom stereocenters. The van der Waals surface area contributed by atoms with Gasteiger partial charge in [-0.2, -0.15) is 0 Å². The van der Waals surface area contributed by atoms with Crippen molar-refractivity contribution < 1.29 is 14.2 Å². The number of nitrogens with one attached hydrogen (secondary N) is 1. The number of rotatable bonds is 10. The molecule has 3 heterocycles. The predicted molar refractivity (Wildman–Crippen MR) is 114 cm³/mol. The second-order valence-corrected chi connectivity index (χ2v) is 7.69. The average molecular weight is 428 g/mol. The minimum atomic E-state index is -0.103. The fourth-order valence-corrected chi connectivity index (χ4v) is 3.86. The summed E-state index contributed by atoms with van der Waals surface area (Å²) in [7, 11) is 3.28. The molecule has 0 bridgehead atoms. The molecule has 1 saturated heterocycles. The van der Waals surface area contributed by atoms with Crippen LogP contribution in [0.1, 0.15) is 24.2 Å². The topological polar surface area (TPSA) is 107 Å². The highest BCUT2D eigenvalue weighted by Crippen LogP contribution is 2.20. The Bertz CT molecular complexity index is 1060. The first-order valence-electron chi connectivity index (χ1n) is 10.4. The molecule has 0 aliphatic carbocycles. The lowest BCUT2D eigenvalue weighted by Gasteiger charge is -2.24. The zero-order valence-electron chi connectivity index (χ0n) is 17.9. The quantitative estimate of drug-likeness (QED) is 0.516. The van der Waals surface area contributed by atoms with Crippen LogP contribution in [0, 0.1) is 0 Å². The van der Waals surface area contributed by atoms with Crippen LogP contribution >= 0.6 is 0 Å². The minimum Gasteiger partial charge on any atom is -0.497 e. The van der Waals surface area contributed by atoms with Crippen molar-refractivity contribution in [1.82, 2.24) is 30.1 Å². The number of hydrogen-bond donors (Lipinski definition) is 1. The van der Waals surface area contributed by atoms with E-state index in [4.69, 9.17) is 14.2 Å². The van der Waals surface area contributed by atoms with E-state index in [0.29, 0.717) is 38.3 Å². The summed E-state index contributed by atoms with van der Waals surface area (Å²) < 4.78 is 18.1. The molecule has 0 spiro atoms. The van der Waals surface area contributed by atoms with Crippen LogP contribution in [0.5, 0.6) is 5.75 Å². The average Bonchev–Trinajstić information content (AvgIpc) is 3.44. The lowest BCUT2D eigenvalue weighted by Crippen LogP contribution is -2.34. The molecular weight excluding hydrogens is 400 g/mol. The van der Waals surface area contributed by atoms with Gasteiger partial charge in [-0.05, 0) is 47.5 Å². The van der Waals surface area contributed by atoms with Gasteiger partial charge in [0, 0.05) is 43.3 Å². The molecule has 166 valence electrons. The van der Waals surface area contributed by atoms with E-state index < -0.39 is 0 Å². The molecular formula is C21H28N6O4. The van der Waals surface area contributed by atoms with Gasteiger partial charge in [0.05, 0.1) is 32.9 Å². The summed E-state index contributed by atoms with van der Waals surface area (Å²) in [5, 5.41) is 13.0. The normalized spacial score (nSPS) is 16.4. The fraction of sp³-hybridized carbons (Fsp3) is 0.524. The molecule has 10 nitrogen and oxygen atoms in total. The summed E-state index contributed by atoms with van der Waals surface area (Å²) in [6.45, 7) is 3.54. The molecule has 3 aromatic rings. The third kappa shape index (κ3) is 5.27. The first-order chi connectivity index (χ1) is 15.2. The van der Waals surface area contributed by atoms with E-state index in [2.05, 4.69) is 25.4 Å². The maximum absolute atomic E-state index is 12.8. The van der Waals surface area contributed by atoms with Crippen LogP contribution < -0.4 is 10.3 Å². The van der Waals surface area contributed by atoms with Gasteiger partial charge in [0.2, 0.25) is 0 Å². The Labute approximate surface area is 180 Å². The van der Waals surface area contributed by atoms with Crippen LogP contribution in [0.2, 0.25) is 0 Å². The Morgan fingerprint density at radius 2 is 2.19 bits per heavy atom. The molecule has 2 aromatic heterocycles. The van der Waals surface area contributed by atoms with Crippen molar-refractivity contribution in [1.29, 1.82) is 0 Å². The third-order valence-electron chi connectivity index (χ3n) is 5.49. The van der Waals surface area contributed by atoms with Crippen LogP contribution in [0.25, 0.3) is 10.9 Å². The van der Waals surface area contributed by atoms with Crippen LogP contribution in [0.3, 0.4) is 0 Å². The van der Waals surface area contributed by atoms with Crippen LogP contribution in [0.15, 0.2) is 29.1 Å². The summed E-state index contributed by atoms with van der Waals surface area (Å²) in [6.07, 6.45) is 2.21. The molecule has 10 heteroatoms. The van der Waals surface area contributed by atoms with E-state index in [0.717, 1.165) is 41.9 Å². The molecule has 1 aliphatic heterocycles. The monoisotopic (exact) mass is 428 g/mol. The van der Waals surface area contributed by atoms with Gasteiger partial charge in [-0.15, -0.1) is 5.10 Å². The molecule has 0 saturated carbocycles. The number of aromatic amines is 1. The third-order valence-corrected chi connectivity index (χ3v) is 5.49. The Kier molecular flexibility index (Phi) is 6.90. The number of hydrogen-bond acceptors (Lipinski definition) is 8. The lowest BCUT2D eigenvalue weighted by atomic mass is 10.1. The Balaban J connectivity index is 1.59. The van der Waals surface area contributed by atoms with Gasteiger partial charge in [0.15, 0.2) is 5.82 Å². The van der Waals surface area contributed by atoms with Crippen molar-refractivity contribution in [3.8, 4) is 5.75 Å². The van der Waals surface area contributed by atoms with Crippen molar-refractivity contribution in [3.63, 3.8) is 0 Å². The van der Waals surface area contributed by atoms with Crippen molar-refractivity contribution in [2.45, 2.75) is 38.6 Å². The van der Waals surface area contributed by atoms with Gasteiger partial charge in [-0.3, -0.25) is 9.69 Å².